The topological polar surface area (TPSA) is 55.1 Å². The van der Waals surface area contributed by atoms with Crippen LogP contribution in [0, 0.1) is 13.8 Å². The van der Waals surface area contributed by atoms with E-state index in [1.54, 1.807) is 17.5 Å². The zero-order valence-corrected chi connectivity index (χ0v) is 17.4. The summed E-state index contributed by atoms with van der Waals surface area (Å²) >= 11 is 8.77. The van der Waals surface area contributed by atoms with Crippen molar-refractivity contribution < 1.29 is 0 Å². The molecular weight excluding hydrogens is 466 g/mol. The molecule has 4 rings (SSSR count). The lowest BCUT2D eigenvalue weighted by molar-refractivity contribution is 1.11. The van der Waals surface area contributed by atoms with E-state index < -0.39 is 0 Å². The number of benzene rings is 1. The number of imidazole rings is 1. The molecule has 3 heterocycles. The highest BCUT2D eigenvalue weighted by Gasteiger charge is 2.15. The Balaban J connectivity index is 1.72. The fraction of sp³-hybridized carbons (Fsp3) is 0.118. The van der Waals surface area contributed by atoms with E-state index in [0.717, 1.165) is 36.8 Å². The van der Waals surface area contributed by atoms with Crippen molar-refractivity contribution in [1.29, 1.82) is 0 Å². The number of aromatic nitrogens is 4. The lowest BCUT2D eigenvalue weighted by Crippen LogP contribution is -1.94. The second-order valence-electron chi connectivity index (χ2n) is 5.60. The zero-order chi connectivity index (χ0) is 17.6. The Hall–Kier alpha value is -1.77. The lowest BCUT2D eigenvalue weighted by Gasteiger charge is -2.09. The van der Waals surface area contributed by atoms with Crippen LogP contribution in [0.1, 0.15) is 11.3 Å². The minimum atomic E-state index is 0.682. The van der Waals surface area contributed by atoms with Gasteiger partial charge in [-0.1, -0.05) is 0 Å². The maximum absolute atomic E-state index is 4.74. The molecule has 0 aliphatic rings. The Bertz CT molecular complexity index is 1060. The third-order valence-electron chi connectivity index (χ3n) is 3.74. The van der Waals surface area contributed by atoms with Gasteiger partial charge in [-0.15, -0.1) is 11.3 Å². The number of rotatable bonds is 3. The van der Waals surface area contributed by atoms with Crippen LogP contribution in [0.2, 0.25) is 0 Å². The van der Waals surface area contributed by atoms with Gasteiger partial charge in [0, 0.05) is 26.7 Å². The summed E-state index contributed by atoms with van der Waals surface area (Å²) in [7, 11) is 0. The summed E-state index contributed by atoms with van der Waals surface area (Å²) < 4.78 is 3.95. The Morgan fingerprint density at radius 3 is 2.64 bits per heavy atom. The molecule has 1 aromatic carbocycles. The van der Waals surface area contributed by atoms with Crippen LogP contribution in [0.5, 0.6) is 0 Å². The number of nitrogens with zero attached hydrogens (tertiary/aromatic N) is 4. The molecule has 0 aliphatic carbocycles. The fourth-order valence-electron chi connectivity index (χ4n) is 2.67. The molecule has 126 valence electrons. The maximum Gasteiger partial charge on any atom is 0.234 e. The fourth-order valence-corrected chi connectivity index (χ4v) is 4.99. The van der Waals surface area contributed by atoms with Crippen LogP contribution in [0.25, 0.3) is 17.2 Å². The van der Waals surface area contributed by atoms with Gasteiger partial charge < -0.3 is 5.32 Å². The van der Waals surface area contributed by atoms with E-state index in [1.807, 2.05) is 29.0 Å². The van der Waals surface area contributed by atoms with Crippen molar-refractivity contribution in [3.8, 4) is 11.4 Å². The van der Waals surface area contributed by atoms with E-state index in [4.69, 9.17) is 4.98 Å². The van der Waals surface area contributed by atoms with Crippen LogP contribution in [0.3, 0.4) is 0 Å². The minimum Gasteiger partial charge on any atom is -0.330 e. The number of thiazole rings is 1. The Morgan fingerprint density at radius 2 is 1.88 bits per heavy atom. The number of halogens is 2. The molecule has 0 spiro atoms. The normalized spacial score (nSPS) is 11.2. The van der Waals surface area contributed by atoms with E-state index in [1.165, 1.54) is 5.56 Å². The van der Waals surface area contributed by atoms with Crippen molar-refractivity contribution in [3.63, 3.8) is 0 Å². The summed E-state index contributed by atoms with van der Waals surface area (Å²) in [5.41, 5.74) is 4.90. The highest BCUT2D eigenvalue weighted by atomic mass is 79.9. The molecule has 25 heavy (non-hydrogen) atoms. The van der Waals surface area contributed by atoms with E-state index in [0.29, 0.717) is 5.78 Å². The molecule has 0 saturated heterocycles. The molecule has 4 aromatic rings. The van der Waals surface area contributed by atoms with Gasteiger partial charge in [0.1, 0.15) is 5.69 Å². The van der Waals surface area contributed by atoms with Crippen molar-refractivity contribution in [2.45, 2.75) is 13.8 Å². The lowest BCUT2D eigenvalue weighted by atomic mass is 10.2. The third-order valence-corrected chi connectivity index (χ3v) is 5.75. The van der Waals surface area contributed by atoms with Crippen LogP contribution < -0.4 is 5.32 Å². The van der Waals surface area contributed by atoms with Gasteiger partial charge in [-0.3, -0.25) is 4.40 Å². The number of aryl methyl sites for hydroxylation is 2. The smallest absolute Gasteiger partial charge is 0.234 e. The van der Waals surface area contributed by atoms with Crippen LogP contribution >= 0.6 is 43.2 Å². The van der Waals surface area contributed by atoms with Crippen molar-refractivity contribution in [3.05, 3.63) is 56.2 Å². The first-order valence-electron chi connectivity index (χ1n) is 7.51. The maximum atomic E-state index is 4.74. The second kappa shape index (κ2) is 6.51. The Morgan fingerprint density at radius 1 is 1.12 bits per heavy atom. The standard InChI is InChI=1S/C17H13Br2N5S/c1-9-6-11(18)14(12(19)7-9)23-17-22-13(8-25-17)15-10(2)21-16-20-4-3-5-24(15)16/h3-8H,1-2H3,(H,22,23). The number of hydrogen-bond donors (Lipinski definition) is 1. The number of hydrogen-bond acceptors (Lipinski definition) is 5. The molecule has 0 bridgehead atoms. The Kier molecular flexibility index (Phi) is 4.35. The summed E-state index contributed by atoms with van der Waals surface area (Å²) in [6.45, 7) is 4.03. The quantitative estimate of drug-likeness (QED) is 0.408. The summed E-state index contributed by atoms with van der Waals surface area (Å²) in [6, 6.07) is 6.04. The first-order valence-corrected chi connectivity index (χ1v) is 9.98. The summed E-state index contributed by atoms with van der Waals surface area (Å²) in [4.78, 5) is 13.5. The highest BCUT2D eigenvalue weighted by Crippen LogP contribution is 2.36. The zero-order valence-electron chi connectivity index (χ0n) is 13.4. The van der Waals surface area contributed by atoms with Crippen molar-refractivity contribution >= 4 is 59.8 Å². The second-order valence-corrected chi connectivity index (χ2v) is 8.17. The van der Waals surface area contributed by atoms with Crippen LogP contribution in [0.15, 0.2) is 44.9 Å². The molecule has 0 atom stereocenters. The molecule has 8 heteroatoms. The number of anilines is 2. The van der Waals surface area contributed by atoms with Crippen LogP contribution in [0.4, 0.5) is 10.8 Å². The van der Waals surface area contributed by atoms with Gasteiger partial charge in [-0.25, -0.2) is 15.0 Å². The third kappa shape index (κ3) is 3.09. The molecule has 0 saturated carbocycles. The van der Waals surface area contributed by atoms with Crippen molar-refractivity contribution in [1.82, 2.24) is 19.4 Å². The minimum absolute atomic E-state index is 0.682. The summed E-state index contributed by atoms with van der Waals surface area (Å²) in [5, 5.41) is 6.23. The molecule has 0 aliphatic heterocycles. The molecule has 0 radical (unpaired) electrons. The SMILES string of the molecule is Cc1cc(Br)c(Nc2nc(-c3c(C)nc4ncccn34)cs2)c(Br)c1. The van der Waals surface area contributed by atoms with Gasteiger partial charge in [0.2, 0.25) is 5.78 Å². The summed E-state index contributed by atoms with van der Waals surface area (Å²) in [6.07, 6.45) is 3.70. The largest absolute Gasteiger partial charge is 0.330 e. The average Bonchev–Trinajstić information content (AvgIpc) is 3.13. The average molecular weight is 479 g/mol. The highest BCUT2D eigenvalue weighted by molar-refractivity contribution is 9.11. The van der Waals surface area contributed by atoms with E-state index in [2.05, 4.69) is 66.2 Å². The predicted molar refractivity (Wildman–Crippen MR) is 109 cm³/mol. The first-order chi connectivity index (χ1) is 12.0. The van der Waals surface area contributed by atoms with Crippen molar-refractivity contribution in [2.75, 3.05) is 5.32 Å². The van der Waals surface area contributed by atoms with Crippen LogP contribution in [-0.4, -0.2) is 19.4 Å². The van der Waals surface area contributed by atoms with Gasteiger partial charge in [0.05, 0.1) is 17.1 Å². The number of fused-ring (bicyclic) bond motifs is 1. The molecule has 3 aromatic heterocycles. The molecule has 0 fully saturated rings. The molecular formula is C17H13Br2N5S. The molecule has 5 nitrogen and oxygen atoms in total. The van der Waals surface area contributed by atoms with E-state index in [9.17, 15) is 0 Å². The molecule has 1 N–H and O–H groups in total. The molecule has 0 amide bonds. The monoisotopic (exact) mass is 477 g/mol. The summed E-state index contributed by atoms with van der Waals surface area (Å²) in [5.74, 6) is 0.682. The van der Waals surface area contributed by atoms with E-state index in [-0.39, 0.29) is 0 Å². The molecule has 0 unspecified atom stereocenters. The van der Waals surface area contributed by atoms with Crippen molar-refractivity contribution in [2.24, 2.45) is 0 Å². The first kappa shape index (κ1) is 16.7. The van der Waals surface area contributed by atoms with Gasteiger partial charge >= 0.3 is 0 Å². The predicted octanol–water partition coefficient (Wildman–Crippen LogP) is 5.74. The van der Waals surface area contributed by atoms with Gasteiger partial charge in [-0.2, -0.15) is 0 Å². The Labute approximate surface area is 165 Å². The van der Waals surface area contributed by atoms with Gasteiger partial charge in [0.15, 0.2) is 5.13 Å². The number of nitrogens with one attached hydrogen (secondary N) is 1. The van der Waals surface area contributed by atoms with Gasteiger partial charge in [-0.05, 0) is 69.5 Å². The van der Waals surface area contributed by atoms with Gasteiger partial charge in [0.25, 0.3) is 0 Å². The van der Waals surface area contributed by atoms with Crippen LogP contribution in [-0.2, 0) is 0 Å². The van der Waals surface area contributed by atoms with E-state index >= 15 is 0 Å².